The van der Waals surface area contributed by atoms with E-state index in [1.54, 1.807) is 12.2 Å². The molecule has 3 aromatic carbocycles. The Balaban J connectivity index is 2.06. The molecule has 0 aliphatic carbocycles. The van der Waals surface area contributed by atoms with Gasteiger partial charge in [0.25, 0.3) is 0 Å². The molecule has 1 aliphatic rings. The molecule has 0 spiro atoms. The molecule has 1 aliphatic heterocycles. The highest BCUT2D eigenvalue weighted by Gasteiger charge is 2.54. The molecule has 0 aromatic heterocycles. The maximum atomic E-state index is 14.8. The van der Waals surface area contributed by atoms with Crippen molar-refractivity contribution >= 4 is 7.52 Å². The van der Waals surface area contributed by atoms with E-state index in [-0.39, 0.29) is 6.61 Å². The summed E-state index contributed by atoms with van der Waals surface area (Å²) in [5, 5.41) is 0. The molecule has 1 saturated heterocycles. The van der Waals surface area contributed by atoms with Crippen LogP contribution in [0.3, 0.4) is 0 Å². The van der Waals surface area contributed by atoms with E-state index in [2.05, 4.69) is 43.0 Å². The monoisotopic (exact) mass is 459 g/mol. The summed E-state index contributed by atoms with van der Waals surface area (Å²) in [5.41, 5.74) is 2.58. The summed E-state index contributed by atoms with van der Waals surface area (Å²) in [6.45, 7) is 6.85. The number of nitrogens with zero attached hydrogens (tertiary/aromatic N) is 1. The molecule has 3 aromatic rings. The second-order valence-electron chi connectivity index (χ2n) is 7.87. The number of ether oxygens (including phenoxy) is 1. The second-order valence-corrected chi connectivity index (χ2v) is 10.1. The van der Waals surface area contributed by atoms with Crippen LogP contribution in [-0.2, 0) is 19.4 Å². The van der Waals surface area contributed by atoms with E-state index in [1.165, 1.54) is 0 Å². The molecular weight excluding hydrogens is 429 g/mol. The Bertz CT molecular complexity index is 1030. The van der Waals surface area contributed by atoms with Crippen LogP contribution in [0.1, 0.15) is 30.0 Å². The van der Waals surface area contributed by atoms with E-state index in [4.69, 9.17) is 9.26 Å². The van der Waals surface area contributed by atoms with E-state index < -0.39 is 13.1 Å². The van der Waals surface area contributed by atoms with Gasteiger partial charge >= 0.3 is 7.52 Å². The summed E-state index contributed by atoms with van der Waals surface area (Å²) in [6.07, 6.45) is 4.17. The van der Waals surface area contributed by atoms with E-state index in [0.717, 1.165) is 23.1 Å². The van der Waals surface area contributed by atoms with Gasteiger partial charge in [-0.2, -0.15) is 0 Å². The van der Waals surface area contributed by atoms with Crippen LogP contribution in [-0.4, -0.2) is 24.4 Å². The lowest BCUT2D eigenvalue weighted by molar-refractivity contribution is 0.143. The third-order valence-electron chi connectivity index (χ3n) is 5.93. The van der Waals surface area contributed by atoms with Gasteiger partial charge in [-0.1, -0.05) is 104 Å². The first-order chi connectivity index (χ1) is 16.2. The molecule has 5 heteroatoms. The molecule has 170 valence electrons. The third kappa shape index (κ3) is 4.22. The number of hydrogen-bond acceptors (Lipinski definition) is 3. The number of allylic oxidation sites excluding steroid dienone is 1. The van der Waals surface area contributed by atoms with Crippen molar-refractivity contribution in [1.29, 1.82) is 0 Å². The summed E-state index contributed by atoms with van der Waals surface area (Å²) in [7, 11) is -3.56. The molecule has 0 saturated carbocycles. The van der Waals surface area contributed by atoms with Gasteiger partial charge in [-0.05, 0) is 36.1 Å². The van der Waals surface area contributed by atoms with Crippen LogP contribution in [0.5, 0.6) is 0 Å². The van der Waals surface area contributed by atoms with Gasteiger partial charge in [-0.25, -0.2) is 4.67 Å². The van der Waals surface area contributed by atoms with Gasteiger partial charge in [0, 0.05) is 6.54 Å². The number of benzene rings is 3. The predicted molar refractivity (Wildman–Crippen MR) is 134 cm³/mol. The minimum atomic E-state index is -3.56. The number of hydrogen-bond donors (Lipinski definition) is 0. The summed E-state index contributed by atoms with van der Waals surface area (Å²) in [4.78, 5) is 0. The maximum Gasteiger partial charge on any atom is 0.337 e. The minimum absolute atomic E-state index is 0.260. The molecule has 0 unspecified atom stereocenters. The largest absolute Gasteiger partial charge is 0.483 e. The summed E-state index contributed by atoms with van der Waals surface area (Å²) in [6, 6.07) is 30.7. The Morgan fingerprint density at radius 2 is 1.45 bits per heavy atom. The van der Waals surface area contributed by atoms with Gasteiger partial charge < -0.3 is 9.26 Å². The van der Waals surface area contributed by atoms with Crippen LogP contribution < -0.4 is 0 Å². The zero-order chi connectivity index (χ0) is 23.2. The average molecular weight is 460 g/mol. The van der Waals surface area contributed by atoms with Gasteiger partial charge in [0.2, 0.25) is 0 Å². The highest BCUT2D eigenvalue weighted by molar-refractivity contribution is 7.60. The van der Waals surface area contributed by atoms with E-state index in [9.17, 15) is 4.57 Å². The minimum Gasteiger partial charge on any atom is -0.483 e. The Hall–Kier alpha value is -2.91. The standard InChI is InChI=1S/C28H30NO3P/c1-3-22-31-27(4-2)33(30)29(21-14-23-32-33)28(24-15-8-5-9-16-24,25-17-10-6-11-18-25)26-19-12-7-13-20-26/h3-13,15-20H,1,14,21-23H2,2H3/b27-4+/t33-/m1/s1. The molecular formula is C28H30NO3P. The molecule has 1 fully saturated rings. The van der Waals surface area contributed by atoms with Crippen molar-refractivity contribution in [2.24, 2.45) is 0 Å². The summed E-state index contributed by atoms with van der Waals surface area (Å²) < 4.78 is 29.0. The van der Waals surface area contributed by atoms with E-state index in [1.807, 2.05) is 66.2 Å². The zero-order valence-electron chi connectivity index (χ0n) is 19.0. The fourth-order valence-electron chi connectivity index (χ4n) is 4.61. The van der Waals surface area contributed by atoms with Crippen molar-refractivity contribution in [2.45, 2.75) is 18.9 Å². The van der Waals surface area contributed by atoms with Crippen molar-refractivity contribution in [3.05, 3.63) is 132 Å². The Morgan fingerprint density at radius 1 is 0.970 bits per heavy atom. The molecule has 1 heterocycles. The lowest BCUT2D eigenvalue weighted by Gasteiger charge is -2.49. The fourth-order valence-corrected chi connectivity index (χ4v) is 7.20. The highest BCUT2D eigenvalue weighted by atomic mass is 31.2. The molecule has 0 radical (unpaired) electrons. The highest BCUT2D eigenvalue weighted by Crippen LogP contribution is 2.66. The third-order valence-corrected chi connectivity index (χ3v) is 8.55. The van der Waals surface area contributed by atoms with Crippen molar-refractivity contribution in [1.82, 2.24) is 4.67 Å². The zero-order valence-corrected chi connectivity index (χ0v) is 19.9. The Kier molecular flexibility index (Phi) is 7.29. The maximum absolute atomic E-state index is 14.8. The first kappa shape index (κ1) is 23.3. The van der Waals surface area contributed by atoms with Gasteiger partial charge in [-0.3, -0.25) is 4.57 Å². The molecule has 0 bridgehead atoms. The second kappa shape index (κ2) is 10.4. The first-order valence-corrected chi connectivity index (χ1v) is 12.9. The summed E-state index contributed by atoms with van der Waals surface area (Å²) >= 11 is 0. The molecule has 33 heavy (non-hydrogen) atoms. The van der Waals surface area contributed by atoms with Crippen LogP contribution in [0.4, 0.5) is 0 Å². The van der Waals surface area contributed by atoms with Crippen LogP contribution in [0.25, 0.3) is 0 Å². The predicted octanol–water partition coefficient (Wildman–Crippen LogP) is 6.96. The van der Waals surface area contributed by atoms with Crippen molar-refractivity contribution in [2.75, 3.05) is 19.8 Å². The van der Waals surface area contributed by atoms with E-state index >= 15 is 0 Å². The smallest absolute Gasteiger partial charge is 0.337 e. The molecule has 0 amide bonds. The molecule has 4 nitrogen and oxygen atoms in total. The molecule has 1 atom stereocenters. The van der Waals surface area contributed by atoms with E-state index in [0.29, 0.717) is 18.7 Å². The lowest BCUT2D eigenvalue weighted by atomic mass is 9.77. The Labute approximate surface area is 196 Å². The Morgan fingerprint density at radius 3 is 1.88 bits per heavy atom. The van der Waals surface area contributed by atoms with Crippen molar-refractivity contribution < 1.29 is 13.8 Å². The van der Waals surface area contributed by atoms with Gasteiger partial charge in [0.05, 0.1) is 6.61 Å². The molecule has 0 N–H and O–H groups in total. The van der Waals surface area contributed by atoms with Gasteiger partial charge in [0.15, 0.2) is 5.50 Å². The fraction of sp³-hybridized carbons (Fsp3) is 0.214. The topological polar surface area (TPSA) is 38.8 Å². The SMILES string of the molecule is C=CCO/C(=C\C)[P@@]1(=O)OCCCN1C(c1ccccc1)(c1ccccc1)c1ccccc1. The van der Waals surface area contributed by atoms with Crippen molar-refractivity contribution in [3.63, 3.8) is 0 Å². The quantitative estimate of drug-likeness (QED) is 0.158. The van der Waals surface area contributed by atoms with Crippen LogP contribution >= 0.6 is 7.52 Å². The normalized spacial score (nSPS) is 19.7. The average Bonchev–Trinajstić information content (AvgIpc) is 2.88. The number of rotatable bonds is 8. The van der Waals surface area contributed by atoms with Crippen LogP contribution in [0.2, 0.25) is 0 Å². The summed E-state index contributed by atoms with van der Waals surface area (Å²) in [5.74, 6) is 0. The van der Waals surface area contributed by atoms with Gasteiger partial charge in [-0.15, -0.1) is 0 Å². The first-order valence-electron chi connectivity index (χ1n) is 11.3. The molecule has 4 rings (SSSR count). The van der Waals surface area contributed by atoms with Crippen LogP contribution in [0.15, 0.2) is 115 Å². The van der Waals surface area contributed by atoms with Crippen LogP contribution in [0, 0.1) is 0 Å². The van der Waals surface area contributed by atoms with Gasteiger partial charge in [0.1, 0.15) is 12.1 Å². The lowest BCUT2D eigenvalue weighted by Crippen LogP contribution is -2.49. The van der Waals surface area contributed by atoms with Crippen molar-refractivity contribution in [3.8, 4) is 0 Å².